The molecule has 10 nitrogen and oxygen atoms in total. The zero-order valence-electron chi connectivity index (χ0n) is 18.8. The van der Waals surface area contributed by atoms with Crippen molar-refractivity contribution in [3.63, 3.8) is 0 Å². The van der Waals surface area contributed by atoms with Crippen molar-refractivity contribution in [2.24, 2.45) is 0 Å². The smallest absolute Gasteiger partial charge is 0.490 e. The molecule has 0 aliphatic heterocycles. The minimum absolute atomic E-state index is 0.101. The van der Waals surface area contributed by atoms with Gasteiger partial charge in [0.05, 0.1) is 20.6 Å². The Morgan fingerprint density at radius 3 is 2.05 bits per heavy atom. The summed E-state index contributed by atoms with van der Waals surface area (Å²) >= 11 is 13.4. The van der Waals surface area contributed by atoms with Crippen LogP contribution < -0.4 is 15.4 Å². The summed E-state index contributed by atoms with van der Waals surface area (Å²) in [5.41, 5.74) is 1.11. The molecule has 0 unspecified atom stereocenters. The summed E-state index contributed by atoms with van der Waals surface area (Å²) < 4.78 is 58.3. The molecule has 200 valence electrons. The molecular weight excluding hydrogens is 582 g/mol. The molecule has 37 heavy (non-hydrogen) atoms. The highest BCUT2D eigenvalue weighted by Crippen LogP contribution is 2.36. The molecule has 2 aromatic carbocycles. The standard InChI is InChI=1S/C18H17Cl2N5O3S2.C2HF3O2/c1-21-30(27,28)11-3-4-15(29-2)14(7-11)25-17-8-16(22-9-23-17)24-10-5-12(19)18(26)13(20)6-10;3-2(4,5)1(6)7/h3-9,21,26H,1-2H3,(H2,22,23,24,25);(H,6,7). The number of sulfonamides is 1. The number of nitrogens with zero attached hydrogens (tertiary/aromatic N) is 2. The summed E-state index contributed by atoms with van der Waals surface area (Å²) in [5.74, 6) is -2.07. The molecular formula is C20H18Cl2F3N5O5S2. The molecule has 0 aliphatic rings. The zero-order chi connectivity index (χ0) is 28.0. The number of aromatic nitrogens is 2. The molecule has 3 aromatic rings. The van der Waals surface area contributed by atoms with Gasteiger partial charge in [0.15, 0.2) is 5.75 Å². The van der Waals surface area contributed by atoms with E-state index in [9.17, 15) is 26.7 Å². The van der Waals surface area contributed by atoms with Crippen molar-refractivity contribution in [2.75, 3.05) is 23.9 Å². The number of aromatic hydroxyl groups is 1. The maximum absolute atomic E-state index is 12.1. The fraction of sp³-hybridized carbons (Fsp3) is 0.150. The largest absolute Gasteiger partial charge is 0.505 e. The van der Waals surface area contributed by atoms with Crippen molar-refractivity contribution < 1.29 is 36.6 Å². The lowest BCUT2D eigenvalue weighted by Crippen LogP contribution is -2.21. The minimum Gasteiger partial charge on any atom is -0.505 e. The van der Waals surface area contributed by atoms with Crippen molar-refractivity contribution in [1.29, 1.82) is 0 Å². The molecule has 0 radical (unpaired) electrons. The summed E-state index contributed by atoms with van der Waals surface area (Å²) in [6.45, 7) is 0. The third kappa shape index (κ3) is 8.53. The number of rotatable bonds is 7. The monoisotopic (exact) mass is 599 g/mol. The van der Waals surface area contributed by atoms with Crippen LogP contribution in [0.2, 0.25) is 10.0 Å². The van der Waals surface area contributed by atoms with E-state index >= 15 is 0 Å². The number of benzene rings is 2. The van der Waals surface area contributed by atoms with Crippen molar-refractivity contribution in [3.05, 3.63) is 52.8 Å². The summed E-state index contributed by atoms with van der Waals surface area (Å²) in [6, 6.07) is 9.45. The van der Waals surface area contributed by atoms with Gasteiger partial charge in [-0.2, -0.15) is 13.2 Å². The van der Waals surface area contributed by atoms with Gasteiger partial charge in [-0.3, -0.25) is 0 Å². The number of phenolic OH excluding ortho intramolecular Hbond substituents is 1. The van der Waals surface area contributed by atoms with Gasteiger partial charge >= 0.3 is 12.1 Å². The number of phenols is 1. The molecule has 5 N–H and O–H groups in total. The number of nitrogens with one attached hydrogen (secondary N) is 3. The van der Waals surface area contributed by atoms with Gasteiger partial charge in [0.2, 0.25) is 10.0 Å². The number of alkyl halides is 3. The first-order valence-corrected chi connectivity index (χ1v) is 13.1. The van der Waals surface area contributed by atoms with Crippen molar-refractivity contribution in [1.82, 2.24) is 14.7 Å². The first-order chi connectivity index (χ1) is 17.2. The predicted molar refractivity (Wildman–Crippen MR) is 135 cm³/mol. The van der Waals surface area contributed by atoms with E-state index in [1.807, 2.05) is 6.26 Å². The molecule has 1 aromatic heterocycles. The Balaban J connectivity index is 0.000000604. The number of carbonyl (C=O) groups is 1. The van der Waals surface area contributed by atoms with Crippen LogP contribution in [0, 0.1) is 0 Å². The molecule has 0 bridgehead atoms. The van der Waals surface area contributed by atoms with Crippen LogP contribution in [0.5, 0.6) is 5.75 Å². The van der Waals surface area contributed by atoms with Gasteiger partial charge in [-0.25, -0.2) is 27.9 Å². The van der Waals surface area contributed by atoms with Gasteiger partial charge in [-0.05, 0) is 43.6 Å². The van der Waals surface area contributed by atoms with Crippen LogP contribution in [-0.4, -0.2) is 54.0 Å². The predicted octanol–water partition coefficient (Wildman–Crippen LogP) is 5.24. The van der Waals surface area contributed by atoms with Crippen LogP contribution in [0.25, 0.3) is 0 Å². The Kier molecular flexibility index (Phi) is 10.2. The number of aliphatic carboxylic acids is 1. The summed E-state index contributed by atoms with van der Waals surface area (Å²) in [7, 11) is -2.23. The number of hydrogen-bond acceptors (Lipinski definition) is 9. The van der Waals surface area contributed by atoms with Crippen molar-refractivity contribution >= 4 is 74.0 Å². The molecule has 3 rings (SSSR count). The topological polar surface area (TPSA) is 154 Å². The molecule has 1 heterocycles. The Hall–Kier alpha value is -2.98. The first-order valence-electron chi connectivity index (χ1n) is 9.63. The lowest BCUT2D eigenvalue weighted by Gasteiger charge is -2.13. The Bertz CT molecular complexity index is 1370. The van der Waals surface area contributed by atoms with E-state index in [0.29, 0.717) is 23.0 Å². The first kappa shape index (κ1) is 30.2. The summed E-state index contributed by atoms with van der Waals surface area (Å²) in [6.07, 6.45) is -1.85. The van der Waals surface area contributed by atoms with E-state index in [4.69, 9.17) is 33.1 Å². The van der Waals surface area contributed by atoms with Crippen molar-refractivity contribution in [3.8, 4) is 5.75 Å². The van der Waals surface area contributed by atoms with Crippen molar-refractivity contribution in [2.45, 2.75) is 16.0 Å². The second-order valence-electron chi connectivity index (χ2n) is 6.70. The molecule has 0 aliphatic carbocycles. The fourth-order valence-electron chi connectivity index (χ4n) is 2.49. The van der Waals surface area contributed by atoms with Gasteiger partial charge in [-0.1, -0.05) is 23.2 Å². The molecule has 0 spiro atoms. The Labute approximate surface area is 223 Å². The summed E-state index contributed by atoms with van der Waals surface area (Å²) in [4.78, 5) is 18.2. The molecule has 0 saturated heterocycles. The average molecular weight is 600 g/mol. The average Bonchev–Trinajstić information content (AvgIpc) is 2.82. The molecule has 0 atom stereocenters. The van der Waals surface area contributed by atoms with Crippen LogP contribution in [-0.2, 0) is 14.8 Å². The number of carboxylic acid groups (broad SMARTS) is 1. The van der Waals surface area contributed by atoms with Crippen LogP contribution in [0.3, 0.4) is 0 Å². The Morgan fingerprint density at radius 2 is 1.57 bits per heavy atom. The van der Waals surface area contributed by atoms with E-state index in [1.54, 1.807) is 12.1 Å². The van der Waals surface area contributed by atoms with Crippen LogP contribution in [0.4, 0.5) is 36.2 Å². The number of thioether (sulfide) groups is 1. The van der Waals surface area contributed by atoms with Crippen LogP contribution >= 0.6 is 35.0 Å². The Morgan fingerprint density at radius 1 is 1.03 bits per heavy atom. The van der Waals surface area contributed by atoms with E-state index in [-0.39, 0.29) is 20.7 Å². The van der Waals surface area contributed by atoms with Gasteiger partial charge in [0.1, 0.15) is 18.0 Å². The molecule has 0 saturated carbocycles. The highest BCUT2D eigenvalue weighted by molar-refractivity contribution is 7.98. The second-order valence-corrected chi connectivity index (χ2v) is 10.2. The van der Waals surface area contributed by atoms with E-state index in [0.717, 1.165) is 4.90 Å². The minimum atomic E-state index is -5.08. The van der Waals surface area contributed by atoms with Gasteiger partial charge < -0.3 is 20.8 Å². The lowest BCUT2D eigenvalue weighted by atomic mass is 10.3. The third-order valence-electron chi connectivity index (χ3n) is 4.21. The van der Waals surface area contributed by atoms with Gasteiger partial charge in [0.25, 0.3) is 0 Å². The molecule has 0 amide bonds. The SMILES string of the molecule is CNS(=O)(=O)c1ccc(SC)c(Nc2cc(Nc3cc(Cl)c(O)c(Cl)c3)ncn2)c1.O=C(O)C(F)(F)F. The highest BCUT2D eigenvalue weighted by atomic mass is 35.5. The maximum Gasteiger partial charge on any atom is 0.490 e. The normalized spacial score (nSPS) is 11.3. The van der Waals surface area contributed by atoms with Crippen LogP contribution in [0.1, 0.15) is 0 Å². The van der Waals surface area contributed by atoms with E-state index in [2.05, 4.69) is 25.3 Å². The highest BCUT2D eigenvalue weighted by Gasteiger charge is 2.38. The second kappa shape index (κ2) is 12.5. The lowest BCUT2D eigenvalue weighted by molar-refractivity contribution is -0.192. The van der Waals surface area contributed by atoms with Gasteiger partial charge in [0, 0.05) is 16.6 Å². The van der Waals surface area contributed by atoms with Crippen LogP contribution in [0.15, 0.2) is 52.5 Å². The molecule has 17 heteroatoms. The molecule has 0 fully saturated rings. The number of anilines is 4. The van der Waals surface area contributed by atoms with Gasteiger partial charge in [-0.15, -0.1) is 11.8 Å². The van der Waals surface area contributed by atoms with E-state index in [1.165, 1.54) is 49.4 Å². The van der Waals surface area contributed by atoms with E-state index < -0.39 is 22.2 Å². The third-order valence-corrected chi connectivity index (χ3v) is 7.00. The quantitative estimate of drug-likeness (QED) is 0.180. The number of halogens is 5. The number of carboxylic acids is 1. The fourth-order valence-corrected chi connectivity index (χ4v) is 4.26. The number of hydrogen-bond donors (Lipinski definition) is 5. The maximum atomic E-state index is 12.1. The zero-order valence-corrected chi connectivity index (χ0v) is 21.9. The summed E-state index contributed by atoms with van der Waals surface area (Å²) in [5, 5.41) is 23.2.